The first-order valence-electron chi connectivity index (χ1n) is 6.15. The van der Waals surface area contributed by atoms with E-state index in [1.54, 1.807) is 7.11 Å². The van der Waals surface area contributed by atoms with E-state index in [0.717, 1.165) is 17.0 Å². The molecular weight excluding hydrogens is 228 g/mol. The molecule has 0 aliphatic carbocycles. The summed E-state index contributed by atoms with van der Waals surface area (Å²) in [6.07, 6.45) is 0. The van der Waals surface area contributed by atoms with Crippen LogP contribution in [-0.2, 0) is 4.79 Å². The molecule has 4 heteroatoms. The Morgan fingerprint density at radius 2 is 2.11 bits per heavy atom. The van der Waals surface area contributed by atoms with Gasteiger partial charge in [0.05, 0.1) is 13.0 Å². The third-order valence-electron chi connectivity index (χ3n) is 3.09. The lowest BCUT2D eigenvalue weighted by Gasteiger charge is -2.19. The minimum atomic E-state index is -0.161. The second-order valence-electron chi connectivity index (χ2n) is 4.76. The summed E-state index contributed by atoms with van der Waals surface area (Å²) in [7, 11) is 1.62. The van der Waals surface area contributed by atoms with Gasteiger partial charge in [-0.05, 0) is 36.6 Å². The summed E-state index contributed by atoms with van der Waals surface area (Å²) in [5.74, 6) is 0.825. The quantitative estimate of drug-likeness (QED) is 0.841. The number of nitrogens with one attached hydrogen (secondary N) is 1. The molecule has 1 rings (SSSR count). The Morgan fingerprint density at radius 1 is 1.44 bits per heavy atom. The monoisotopic (exact) mass is 250 g/mol. The van der Waals surface area contributed by atoms with Gasteiger partial charge in [0.2, 0.25) is 5.91 Å². The Kier molecular flexibility index (Phi) is 5.16. The molecule has 18 heavy (non-hydrogen) atoms. The van der Waals surface area contributed by atoms with Gasteiger partial charge in [-0.1, -0.05) is 13.8 Å². The summed E-state index contributed by atoms with van der Waals surface area (Å²) in [5, 5.41) is 2.92. The Morgan fingerprint density at radius 3 is 2.56 bits per heavy atom. The second kappa shape index (κ2) is 6.40. The van der Waals surface area contributed by atoms with Crippen LogP contribution in [0.2, 0.25) is 0 Å². The number of ether oxygens (including phenoxy) is 1. The van der Waals surface area contributed by atoms with Crippen LogP contribution in [0.5, 0.6) is 5.75 Å². The van der Waals surface area contributed by atoms with Crippen LogP contribution in [0.4, 0.5) is 5.69 Å². The largest absolute Gasteiger partial charge is 0.497 e. The Balaban J connectivity index is 2.81. The van der Waals surface area contributed by atoms with Crippen LogP contribution in [0, 0.1) is 18.8 Å². The SMILES string of the molecule is COc1ccc(NC(=O)C(CN)C(C)C)c(C)c1. The minimum absolute atomic E-state index is 0.0271. The zero-order chi connectivity index (χ0) is 13.7. The van der Waals surface area contributed by atoms with Crippen LogP contribution in [0.1, 0.15) is 19.4 Å². The number of nitrogens with two attached hydrogens (primary N) is 1. The first-order chi connectivity index (χ1) is 8.49. The molecular formula is C14H22N2O2. The molecule has 1 unspecified atom stereocenters. The minimum Gasteiger partial charge on any atom is -0.497 e. The molecule has 0 aromatic heterocycles. The second-order valence-corrected chi connectivity index (χ2v) is 4.76. The lowest BCUT2D eigenvalue weighted by atomic mass is 9.95. The fraction of sp³-hybridized carbons (Fsp3) is 0.500. The van der Waals surface area contributed by atoms with Crippen molar-refractivity contribution in [1.82, 2.24) is 0 Å². The zero-order valence-electron chi connectivity index (χ0n) is 11.5. The highest BCUT2D eigenvalue weighted by Crippen LogP contribution is 2.22. The Bertz CT molecular complexity index is 416. The van der Waals surface area contributed by atoms with E-state index in [4.69, 9.17) is 10.5 Å². The number of carbonyl (C=O) groups excluding carboxylic acids is 1. The first-order valence-corrected chi connectivity index (χ1v) is 6.15. The van der Waals surface area contributed by atoms with E-state index in [-0.39, 0.29) is 17.7 Å². The molecule has 0 saturated carbocycles. The highest BCUT2D eigenvalue weighted by Gasteiger charge is 2.20. The number of benzene rings is 1. The summed E-state index contributed by atoms with van der Waals surface area (Å²) < 4.78 is 5.13. The van der Waals surface area contributed by atoms with Gasteiger partial charge >= 0.3 is 0 Å². The van der Waals surface area contributed by atoms with Crippen molar-refractivity contribution in [3.63, 3.8) is 0 Å². The molecule has 1 amide bonds. The number of hydrogen-bond acceptors (Lipinski definition) is 3. The number of amides is 1. The average molecular weight is 250 g/mol. The molecule has 100 valence electrons. The molecule has 0 aliphatic heterocycles. The van der Waals surface area contributed by atoms with Crippen LogP contribution in [-0.4, -0.2) is 19.6 Å². The van der Waals surface area contributed by atoms with Gasteiger partial charge in [0.15, 0.2) is 0 Å². The fourth-order valence-electron chi connectivity index (χ4n) is 1.81. The predicted octanol–water partition coefficient (Wildman–Crippen LogP) is 2.17. The molecule has 0 heterocycles. The van der Waals surface area contributed by atoms with Crippen molar-refractivity contribution in [1.29, 1.82) is 0 Å². The average Bonchev–Trinajstić information content (AvgIpc) is 2.32. The van der Waals surface area contributed by atoms with Crippen molar-refractivity contribution in [2.45, 2.75) is 20.8 Å². The van der Waals surface area contributed by atoms with Crippen LogP contribution in [0.25, 0.3) is 0 Å². The molecule has 0 spiro atoms. The molecule has 0 bridgehead atoms. The topological polar surface area (TPSA) is 64.3 Å². The van der Waals surface area contributed by atoms with Gasteiger partial charge in [-0.3, -0.25) is 4.79 Å². The number of aryl methyl sites for hydroxylation is 1. The van der Waals surface area contributed by atoms with E-state index < -0.39 is 0 Å². The zero-order valence-corrected chi connectivity index (χ0v) is 11.5. The van der Waals surface area contributed by atoms with E-state index in [1.165, 1.54) is 0 Å². The van der Waals surface area contributed by atoms with Crippen LogP contribution in [0.15, 0.2) is 18.2 Å². The smallest absolute Gasteiger partial charge is 0.229 e. The number of methoxy groups -OCH3 is 1. The third kappa shape index (κ3) is 3.47. The van der Waals surface area contributed by atoms with Crippen LogP contribution >= 0.6 is 0 Å². The van der Waals surface area contributed by atoms with Gasteiger partial charge in [-0.15, -0.1) is 0 Å². The maximum atomic E-state index is 12.1. The van der Waals surface area contributed by atoms with E-state index in [1.807, 2.05) is 39.0 Å². The van der Waals surface area contributed by atoms with E-state index in [9.17, 15) is 4.79 Å². The summed E-state index contributed by atoms with van der Waals surface area (Å²) in [5.41, 5.74) is 7.41. The molecule has 4 nitrogen and oxygen atoms in total. The first kappa shape index (κ1) is 14.5. The van der Waals surface area contributed by atoms with Crippen molar-refractivity contribution in [3.05, 3.63) is 23.8 Å². The summed E-state index contributed by atoms with van der Waals surface area (Å²) >= 11 is 0. The van der Waals surface area contributed by atoms with Gasteiger partial charge in [-0.25, -0.2) is 0 Å². The highest BCUT2D eigenvalue weighted by atomic mass is 16.5. The molecule has 0 saturated heterocycles. The number of anilines is 1. The van der Waals surface area contributed by atoms with E-state index in [2.05, 4.69) is 5.32 Å². The van der Waals surface area contributed by atoms with Crippen molar-refractivity contribution >= 4 is 11.6 Å². The lowest BCUT2D eigenvalue weighted by Crippen LogP contribution is -2.33. The Hall–Kier alpha value is -1.55. The highest BCUT2D eigenvalue weighted by molar-refractivity contribution is 5.93. The summed E-state index contributed by atoms with van der Waals surface area (Å²) in [4.78, 5) is 12.1. The van der Waals surface area contributed by atoms with Gasteiger partial charge < -0.3 is 15.8 Å². The van der Waals surface area contributed by atoms with Gasteiger partial charge in [0.25, 0.3) is 0 Å². The third-order valence-corrected chi connectivity index (χ3v) is 3.09. The van der Waals surface area contributed by atoms with Crippen LogP contribution in [0.3, 0.4) is 0 Å². The lowest BCUT2D eigenvalue weighted by molar-refractivity contribution is -0.120. The number of carbonyl (C=O) groups is 1. The molecule has 1 aromatic rings. The van der Waals surface area contributed by atoms with Crippen molar-refractivity contribution in [3.8, 4) is 5.75 Å². The molecule has 1 atom stereocenters. The van der Waals surface area contributed by atoms with Crippen molar-refractivity contribution in [2.75, 3.05) is 19.0 Å². The maximum absolute atomic E-state index is 12.1. The molecule has 1 aromatic carbocycles. The standard InChI is InChI=1S/C14H22N2O2/c1-9(2)12(8-15)14(17)16-13-6-5-11(18-4)7-10(13)3/h5-7,9,12H,8,15H2,1-4H3,(H,16,17). The van der Waals surface area contributed by atoms with Crippen molar-refractivity contribution < 1.29 is 9.53 Å². The van der Waals surface area contributed by atoms with Crippen molar-refractivity contribution in [2.24, 2.45) is 17.6 Å². The van der Waals surface area contributed by atoms with E-state index in [0.29, 0.717) is 6.54 Å². The molecule has 0 aliphatic rings. The molecule has 0 fully saturated rings. The van der Waals surface area contributed by atoms with E-state index >= 15 is 0 Å². The summed E-state index contributed by atoms with van der Waals surface area (Å²) in [6.45, 7) is 6.29. The predicted molar refractivity (Wildman–Crippen MR) is 73.7 cm³/mol. The fourth-order valence-corrected chi connectivity index (χ4v) is 1.81. The molecule has 0 radical (unpaired) electrons. The van der Waals surface area contributed by atoms with Gasteiger partial charge in [-0.2, -0.15) is 0 Å². The number of rotatable bonds is 5. The van der Waals surface area contributed by atoms with Gasteiger partial charge in [0, 0.05) is 12.2 Å². The molecule has 3 N–H and O–H groups in total. The maximum Gasteiger partial charge on any atom is 0.229 e. The van der Waals surface area contributed by atoms with Gasteiger partial charge in [0.1, 0.15) is 5.75 Å². The summed E-state index contributed by atoms with van der Waals surface area (Å²) in [6, 6.07) is 5.57. The number of hydrogen-bond donors (Lipinski definition) is 2. The Labute approximate surface area is 109 Å². The normalized spacial score (nSPS) is 12.3. The van der Waals surface area contributed by atoms with Crippen LogP contribution < -0.4 is 15.8 Å².